The van der Waals surface area contributed by atoms with Crippen molar-refractivity contribution in [3.63, 3.8) is 0 Å². The molecule has 0 unspecified atom stereocenters. The first-order valence-electron chi connectivity index (χ1n) is 11.9. The van der Waals surface area contributed by atoms with Gasteiger partial charge in [0.25, 0.3) is 15.9 Å². The van der Waals surface area contributed by atoms with Gasteiger partial charge in [0.1, 0.15) is 17.2 Å². The minimum atomic E-state index is -3.94. The maximum atomic E-state index is 13.3. The highest BCUT2D eigenvalue weighted by Gasteiger charge is 2.18. The predicted octanol–water partition coefficient (Wildman–Crippen LogP) is 5.69. The quantitative estimate of drug-likeness (QED) is 0.196. The largest absolute Gasteiger partial charge is 0.497 e. The molecule has 9 heteroatoms. The Hall–Kier alpha value is -4.76. The zero-order chi connectivity index (χ0) is 27.8. The fourth-order valence-corrected chi connectivity index (χ4v) is 4.84. The van der Waals surface area contributed by atoms with E-state index >= 15 is 0 Å². The van der Waals surface area contributed by atoms with Crippen molar-refractivity contribution in [3.05, 3.63) is 108 Å². The summed E-state index contributed by atoms with van der Waals surface area (Å²) in [5.74, 6) is 1.20. The van der Waals surface area contributed by atoms with Crippen LogP contribution < -0.4 is 24.2 Å². The van der Waals surface area contributed by atoms with Crippen LogP contribution >= 0.6 is 0 Å². The number of amides is 1. The van der Waals surface area contributed by atoms with Crippen LogP contribution in [0.4, 0.5) is 11.4 Å². The maximum Gasteiger partial charge on any atom is 0.262 e. The zero-order valence-electron chi connectivity index (χ0n) is 21.7. The molecule has 0 spiro atoms. The maximum absolute atomic E-state index is 13.3. The topological polar surface area (TPSA) is 103 Å². The lowest BCUT2D eigenvalue weighted by atomic mass is 10.0. The van der Waals surface area contributed by atoms with E-state index in [0.717, 1.165) is 11.1 Å². The van der Waals surface area contributed by atoms with Gasteiger partial charge in [-0.1, -0.05) is 42.5 Å². The Labute approximate surface area is 227 Å². The first kappa shape index (κ1) is 27.3. The molecular weight excluding hydrogens is 516 g/mol. The van der Waals surface area contributed by atoms with Crippen molar-refractivity contribution in [1.82, 2.24) is 0 Å². The van der Waals surface area contributed by atoms with Crippen molar-refractivity contribution >= 4 is 39.0 Å². The van der Waals surface area contributed by atoms with Gasteiger partial charge in [-0.3, -0.25) is 9.52 Å². The Balaban J connectivity index is 1.56. The Morgan fingerprint density at radius 2 is 1.38 bits per heavy atom. The summed E-state index contributed by atoms with van der Waals surface area (Å²) in [5.41, 5.74) is 2.69. The number of hydrogen-bond acceptors (Lipinski definition) is 6. The molecule has 0 saturated heterocycles. The summed E-state index contributed by atoms with van der Waals surface area (Å²) in [5, 5.41) is 2.86. The first-order valence-corrected chi connectivity index (χ1v) is 13.4. The third-order valence-electron chi connectivity index (χ3n) is 5.83. The number of rotatable bonds is 10. The molecule has 2 N–H and O–H groups in total. The molecule has 4 aromatic rings. The van der Waals surface area contributed by atoms with Crippen LogP contribution in [-0.4, -0.2) is 35.7 Å². The van der Waals surface area contributed by atoms with Crippen LogP contribution in [0.5, 0.6) is 17.2 Å². The molecular formula is C30H28N2O6S. The van der Waals surface area contributed by atoms with E-state index < -0.39 is 10.0 Å². The number of anilines is 2. The van der Waals surface area contributed by atoms with Gasteiger partial charge in [-0.15, -0.1) is 0 Å². The van der Waals surface area contributed by atoms with Crippen LogP contribution in [0.25, 0.3) is 11.6 Å². The molecule has 0 fully saturated rings. The van der Waals surface area contributed by atoms with E-state index in [4.69, 9.17) is 14.2 Å². The summed E-state index contributed by atoms with van der Waals surface area (Å²) in [6.07, 6.45) is 1.79. The Morgan fingerprint density at radius 1 is 0.744 bits per heavy atom. The van der Waals surface area contributed by atoms with Crippen molar-refractivity contribution in [3.8, 4) is 17.2 Å². The normalized spacial score (nSPS) is 11.4. The number of carbonyl (C=O) groups excluding carboxylic acids is 1. The molecule has 0 atom stereocenters. The fourth-order valence-electron chi connectivity index (χ4n) is 3.78. The molecule has 8 nitrogen and oxygen atoms in total. The van der Waals surface area contributed by atoms with Crippen LogP contribution in [0.3, 0.4) is 0 Å². The first-order chi connectivity index (χ1) is 18.8. The van der Waals surface area contributed by atoms with Crippen LogP contribution in [0.15, 0.2) is 102 Å². The molecule has 200 valence electrons. The van der Waals surface area contributed by atoms with Crippen LogP contribution in [0.2, 0.25) is 0 Å². The number of nitrogens with one attached hydrogen (secondary N) is 2. The number of benzene rings is 4. The van der Waals surface area contributed by atoms with E-state index in [1.807, 2.05) is 54.6 Å². The number of sulfonamides is 1. The van der Waals surface area contributed by atoms with Gasteiger partial charge < -0.3 is 19.5 Å². The molecule has 0 heterocycles. The third kappa shape index (κ3) is 6.77. The van der Waals surface area contributed by atoms with Crippen LogP contribution in [-0.2, 0) is 14.8 Å². The summed E-state index contributed by atoms with van der Waals surface area (Å²) < 4.78 is 44.3. The van der Waals surface area contributed by atoms with Gasteiger partial charge in [-0.05, 0) is 65.7 Å². The molecule has 0 aliphatic carbocycles. The van der Waals surface area contributed by atoms with Gasteiger partial charge in [0.05, 0.1) is 31.9 Å². The molecule has 0 saturated carbocycles. The monoisotopic (exact) mass is 544 g/mol. The van der Waals surface area contributed by atoms with E-state index in [2.05, 4.69) is 10.0 Å². The lowest BCUT2D eigenvalue weighted by Crippen LogP contribution is -2.15. The van der Waals surface area contributed by atoms with Gasteiger partial charge in [0.2, 0.25) is 0 Å². The van der Waals surface area contributed by atoms with E-state index in [1.165, 1.54) is 44.6 Å². The summed E-state index contributed by atoms with van der Waals surface area (Å²) >= 11 is 0. The lowest BCUT2D eigenvalue weighted by molar-refractivity contribution is -0.111. The Morgan fingerprint density at radius 3 is 2.00 bits per heavy atom. The van der Waals surface area contributed by atoms with E-state index in [0.29, 0.717) is 28.5 Å². The average Bonchev–Trinajstić information content (AvgIpc) is 2.96. The lowest BCUT2D eigenvalue weighted by Gasteiger charge is -2.14. The van der Waals surface area contributed by atoms with Crippen LogP contribution in [0, 0.1) is 0 Å². The standard InChI is InChI=1S/C30H28N2O6S/c1-36-24-13-9-21(10-14-24)19-27(22-7-5-4-6-8-22)30(33)31-23-11-16-26(17-12-23)39(34,35)32-28-20-25(37-2)15-18-29(28)38-3/h4-20,32H,1-3H3,(H,31,33)/b27-19-. The van der Waals surface area contributed by atoms with Gasteiger partial charge in [-0.2, -0.15) is 0 Å². The van der Waals surface area contributed by atoms with Crippen molar-refractivity contribution in [2.75, 3.05) is 31.4 Å². The SMILES string of the molecule is COc1ccc(/C=C(\C(=O)Nc2ccc(S(=O)(=O)Nc3cc(OC)ccc3OC)cc2)c2ccccc2)cc1. The van der Waals surface area contributed by atoms with Gasteiger partial charge in [0.15, 0.2) is 0 Å². The third-order valence-corrected chi connectivity index (χ3v) is 7.21. The molecule has 1 amide bonds. The highest BCUT2D eigenvalue weighted by atomic mass is 32.2. The van der Waals surface area contributed by atoms with Crippen molar-refractivity contribution < 1.29 is 27.4 Å². The number of hydrogen-bond donors (Lipinski definition) is 2. The molecule has 0 aliphatic heterocycles. The van der Waals surface area contributed by atoms with E-state index in [-0.39, 0.29) is 16.5 Å². The summed E-state index contributed by atoms with van der Waals surface area (Å²) in [4.78, 5) is 13.4. The number of methoxy groups -OCH3 is 3. The number of ether oxygens (including phenoxy) is 3. The molecule has 4 aromatic carbocycles. The molecule has 0 aromatic heterocycles. The average molecular weight is 545 g/mol. The fraction of sp³-hybridized carbons (Fsp3) is 0.100. The minimum absolute atomic E-state index is 0.0161. The summed E-state index contributed by atoms with van der Waals surface area (Å²) in [7, 11) is 0.588. The molecule has 0 radical (unpaired) electrons. The summed E-state index contributed by atoms with van der Waals surface area (Å²) in [6, 6.07) is 27.4. The van der Waals surface area contributed by atoms with E-state index in [1.54, 1.807) is 25.3 Å². The Bertz CT molecular complexity index is 1570. The molecule has 0 bridgehead atoms. The molecule has 4 rings (SSSR count). The predicted molar refractivity (Wildman–Crippen MR) is 153 cm³/mol. The van der Waals surface area contributed by atoms with Crippen molar-refractivity contribution in [2.45, 2.75) is 4.90 Å². The van der Waals surface area contributed by atoms with Gasteiger partial charge in [-0.25, -0.2) is 8.42 Å². The Kier molecular flexibility index (Phi) is 8.53. The van der Waals surface area contributed by atoms with Gasteiger partial charge in [0, 0.05) is 17.3 Å². The second-order valence-electron chi connectivity index (χ2n) is 8.35. The number of carbonyl (C=O) groups is 1. The molecule has 39 heavy (non-hydrogen) atoms. The minimum Gasteiger partial charge on any atom is -0.497 e. The van der Waals surface area contributed by atoms with E-state index in [9.17, 15) is 13.2 Å². The second-order valence-corrected chi connectivity index (χ2v) is 10.0. The summed E-state index contributed by atoms with van der Waals surface area (Å²) in [6.45, 7) is 0. The second kappa shape index (κ2) is 12.2. The smallest absolute Gasteiger partial charge is 0.262 e. The van der Waals surface area contributed by atoms with Crippen molar-refractivity contribution in [2.24, 2.45) is 0 Å². The molecule has 0 aliphatic rings. The van der Waals surface area contributed by atoms with Crippen LogP contribution in [0.1, 0.15) is 11.1 Å². The van der Waals surface area contributed by atoms with Crippen molar-refractivity contribution in [1.29, 1.82) is 0 Å². The van der Waals surface area contributed by atoms with Gasteiger partial charge >= 0.3 is 0 Å². The zero-order valence-corrected chi connectivity index (χ0v) is 22.5. The highest BCUT2D eigenvalue weighted by Crippen LogP contribution is 2.31. The highest BCUT2D eigenvalue weighted by molar-refractivity contribution is 7.92.